The minimum Gasteiger partial charge on any atom is -0.337 e. The fourth-order valence-corrected chi connectivity index (χ4v) is 2.50. The first kappa shape index (κ1) is 16.9. The largest absolute Gasteiger partial charge is 0.337 e. The molecule has 1 aliphatic rings. The number of benzene rings is 1. The summed E-state index contributed by atoms with van der Waals surface area (Å²) >= 11 is 0. The van der Waals surface area contributed by atoms with Crippen molar-refractivity contribution < 1.29 is 9.18 Å². The van der Waals surface area contributed by atoms with Crippen molar-refractivity contribution in [3.63, 3.8) is 0 Å². The van der Waals surface area contributed by atoms with E-state index in [0.29, 0.717) is 13.1 Å². The Kier molecular flexibility index (Phi) is 6.43. The third-order valence-electron chi connectivity index (χ3n) is 3.68. The van der Waals surface area contributed by atoms with E-state index in [0.717, 1.165) is 36.8 Å². The highest BCUT2D eigenvalue weighted by atomic mass is 35.5. The highest BCUT2D eigenvalue weighted by Gasteiger charge is 2.24. The Labute approximate surface area is 125 Å². The Balaban J connectivity index is 0.00000200. The smallest absolute Gasteiger partial charge is 0.239 e. The minimum absolute atomic E-state index is 0. The van der Waals surface area contributed by atoms with Crippen molar-refractivity contribution in [2.45, 2.75) is 45.2 Å². The fourth-order valence-electron chi connectivity index (χ4n) is 2.50. The molecule has 0 aliphatic carbocycles. The van der Waals surface area contributed by atoms with E-state index in [1.54, 1.807) is 4.90 Å². The van der Waals surface area contributed by atoms with Crippen LogP contribution in [0.25, 0.3) is 0 Å². The van der Waals surface area contributed by atoms with Gasteiger partial charge in [-0.2, -0.15) is 0 Å². The van der Waals surface area contributed by atoms with E-state index >= 15 is 0 Å². The average molecular weight is 301 g/mol. The number of carbonyl (C=O) groups excluding carboxylic acids is 1. The van der Waals surface area contributed by atoms with Gasteiger partial charge in [0.05, 0.1) is 6.04 Å². The Morgan fingerprint density at radius 1 is 1.45 bits per heavy atom. The molecule has 0 spiro atoms. The number of nitrogens with zero attached hydrogens (tertiary/aromatic N) is 1. The zero-order valence-corrected chi connectivity index (χ0v) is 12.6. The lowest BCUT2D eigenvalue weighted by Gasteiger charge is -2.30. The maximum Gasteiger partial charge on any atom is 0.239 e. The molecule has 3 nitrogen and oxygen atoms in total. The highest BCUT2D eigenvalue weighted by molar-refractivity contribution is 5.85. The number of unbranched alkanes of at least 4 members (excludes halogenated alkanes) is 1. The molecular weight excluding hydrogens is 279 g/mol. The highest BCUT2D eigenvalue weighted by Crippen LogP contribution is 2.20. The third kappa shape index (κ3) is 3.93. The minimum atomic E-state index is -0.421. The predicted molar refractivity (Wildman–Crippen MR) is 80.3 cm³/mol. The number of carbonyl (C=O) groups is 1. The van der Waals surface area contributed by atoms with Gasteiger partial charge in [0.2, 0.25) is 5.91 Å². The molecule has 2 rings (SSSR count). The van der Waals surface area contributed by atoms with Gasteiger partial charge in [-0.1, -0.05) is 25.8 Å². The zero-order valence-electron chi connectivity index (χ0n) is 11.8. The van der Waals surface area contributed by atoms with Crippen LogP contribution in [0.2, 0.25) is 0 Å². The fraction of sp³-hybridized carbons (Fsp3) is 0.533. The Morgan fingerprint density at radius 3 is 2.90 bits per heavy atom. The van der Waals surface area contributed by atoms with Crippen LogP contribution >= 0.6 is 12.4 Å². The van der Waals surface area contributed by atoms with Gasteiger partial charge in [0.1, 0.15) is 5.82 Å². The van der Waals surface area contributed by atoms with Crippen LogP contribution in [0, 0.1) is 5.82 Å². The molecule has 1 aromatic rings. The van der Waals surface area contributed by atoms with Gasteiger partial charge in [-0.05, 0) is 36.1 Å². The molecule has 0 aromatic heterocycles. The second-order valence-corrected chi connectivity index (χ2v) is 5.17. The van der Waals surface area contributed by atoms with Crippen molar-refractivity contribution in [1.82, 2.24) is 4.90 Å². The number of rotatable bonds is 4. The predicted octanol–water partition coefficient (Wildman–Crippen LogP) is 2.65. The van der Waals surface area contributed by atoms with Crippen molar-refractivity contribution in [1.29, 1.82) is 0 Å². The summed E-state index contributed by atoms with van der Waals surface area (Å²) in [4.78, 5) is 14.0. The van der Waals surface area contributed by atoms with Gasteiger partial charge in [-0.3, -0.25) is 4.79 Å². The molecule has 1 amide bonds. The molecule has 0 fully saturated rings. The summed E-state index contributed by atoms with van der Waals surface area (Å²) < 4.78 is 13.2. The zero-order chi connectivity index (χ0) is 13.8. The van der Waals surface area contributed by atoms with E-state index in [1.165, 1.54) is 12.1 Å². The standard InChI is InChI=1S/C15H21FN2O.ClH/c1-2-3-4-14(17)15(19)18-8-7-11-5-6-13(16)9-12(11)10-18;/h5-6,9,14H,2-4,7-8,10,17H2,1H3;1H. The molecule has 0 radical (unpaired) electrons. The van der Waals surface area contributed by atoms with Crippen molar-refractivity contribution in [2.24, 2.45) is 5.73 Å². The van der Waals surface area contributed by atoms with Crippen molar-refractivity contribution in [2.75, 3.05) is 6.54 Å². The van der Waals surface area contributed by atoms with Gasteiger partial charge in [-0.25, -0.2) is 4.39 Å². The third-order valence-corrected chi connectivity index (χ3v) is 3.68. The van der Waals surface area contributed by atoms with E-state index in [-0.39, 0.29) is 24.1 Å². The summed E-state index contributed by atoms with van der Waals surface area (Å²) in [6.07, 6.45) is 3.50. The normalized spacial score (nSPS) is 15.2. The molecule has 1 aromatic carbocycles. The molecule has 1 atom stereocenters. The lowest BCUT2D eigenvalue weighted by Crippen LogP contribution is -2.45. The molecular formula is C15H22ClFN2O. The van der Waals surface area contributed by atoms with E-state index in [2.05, 4.69) is 6.92 Å². The monoisotopic (exact) mass is 300 g/mol. The summed E-state index contributed by atoms with van der Waals surface area (Å²) in [5.74, 6) is -0.258. The molecule has 0 saturated heterocycles. The van der Waals surface area contributed by atoms with Crippen LogP contribution in [-0.4, -0.2) is 23.4 Å². The number of hydrogen-bond donors (Lipinski definition) is 1. The van der Waals surface area contributed by atoms with Crippen LogP contribution in [0.5, 0.6) is 0 Å². The second-order valence-electron chi connectivity index (χ2n) is 5.17. The summed E-state index contributed by atoms with van der Waals surface area (Å²) in [6.45, 7) is 3.24. The van der Waals surface area contributed by atoms with Crippen molar-refractivity contribution in [3.05, 3.63) is 35.1 Å². The maximum atomic E-state index is 13.2. The van der Waals surface area contributed by atoms with E-state index in [4.69, 9.17) is 5.73 Å². The van der Waals surface area contributed by atoms with Gasteiger partial charge < -0.3 is 10.6 Å². The van der Waals surface area contributed by atoms with Gasteiger partial charge in [-0.15, -0.1) is 12.4 Å². The summed E-state index contributed by atoms with van der Waals surface area (Å²) in [5.41, 5.74) is 7.96. The van der Waals surface area contributed by atoms with Crippen LogP contribution in [0.3, 0.4) is 0 Å². The summed E-state index contributed by atoms with van der Waals surface area (Å²) in [6, 6.07) is 4.38. The Bertz CT molecular complexity index is 467. The molecule has 5 heteroatoms. The molecule has 1 aliphatic heterocycles. The summed E-state index contributed by atoms with van der Waals surface area (Å²) in [7, 11) is 0. The number of hydrogen-bond acceptors (Lipinski definition) is 2. The van der Waals surface area contributed by atoms with Crippen molar-refractivity contribution in [3.8, 4) is 0 Å². The number of nitrogens with two attached hydrogens (primary N) is 1. The van der Waals surface area contributed by atoms with Gasteiger partial charge >= 0.3 is 0 Å². The quantitative estimate of drug-likeness (QED) is 0.929. The SMILES string of the molecule is CCCCC(N)C(=O)N1CCc2ccc(F)cc2C1.Cl. The van der Waals surface area contributed by atoms with Gasteiger partial charge in [0, 0.05) is 13.1 Å². The molecule has 1 heterocycles. The molecule has 0 saturated carbocycles. The molecule has 0 bridgehead atoms. The Hall–Kier alpha value is -1.13. The lowest BCUT2D eigenvalue weighted by atomic mass is 9.98. The summed E-state index contributed by atoms with van der Waals surface area (Å²) in [5, 5.41) is 0. The Morgan fingerprint density at radius 2 is 2.20 bits per heavy atom. The van der Waals surface area contributed by atoms with Crippen LogP contribution in [-0.2, 0) is 17.8 Å². The first-order valence-corrected chi connectivity index (χ1v) is 6.93. The molecule has 20 heavy (non-hydrogen) atoms. The van der Waals surface area contributed by atoms with E-state index in [1.807, 2.05) is 6.07 Å². The van der Waals surface area contributed by atoms with Crippen LogP contribution in [0.4, 0.5) is 4.39 Å². The molecule has 2 N–H and O–H groups in total. The van der Waals surface area contributed by atoms with E-state index < -0.39 is 6.04 Å². The maximum absolute atomic E-state index is 13.2. The van der Waals surface area contributed by atoms with Crippen molar-refractivity contribution >= 4 is 18.3 Å². The second kappa shape index (κ2) is 7.60. The number of halogens is 2. The molecule has 112 valence electrons. The van der Waals surface area contributed by atoms with Crippen LogP contribution in [0.1, 0.15) is 37.3 Å². The van der Waals surface area contributed by atoms with Crippen LogP contribution < -0.4 is 5.73 Å². The average Bonchev–Trinajstić information content (AvgIpc) is 2.43. The van der Waals surface area contributed by atoms with E-state index in [9.17, 15) is 9.18 Å². The topological polar surface area (TPSA) is 46.3 Å². The molecule has 1 unspecified atom stereocenters. The first-order valence-electron chi connectivity index (χ1n) is 6.93. The first-order chi connectivity index (χ1) is 9.11. The number of fused-ring (bicyclic) bond motifs is 1. The van der Waals surface area contributed by atoms with Crippen LogP contribution in [0.15, 0.2) is 18.2 Å². The number of amides is 1. The van der Waals surface area contributed by atoms with Gasteiger partial charge in [0.25, 0.3) is 0 Å². The lowest BCUT2D eigenvalue weighted by molar-refractivity contribution is -0.133. The van der Waals surface area contributed by atoms with Gasteiger partial charge in [0.15, 0.2) is 0 Å².